The number of rotatable bonds is 2. The first kappa shape index (κ1) is 12.9. The molecule has 1 atom stereocenters. The molecule has 1 aliphatic rings. The van der Waals surface area contributed by atoms with Crippen molar-refractivity contribution in [3.05, 3.63) is 46.0 Å². The van der Waals surface area contributed by atoms with Gasteiger partial charge in [0, 0.05) is 34.5 Å². The predicted molar refractivity (Wildman–Crippen MR) is 81.0 cm³/mol. The van der Waals surface area contributed by atoms with Gasteiger partial charge in [0.25, 0.3) is 0 Å². The number of imidazole rings is 1. The molecule has 0 amide bonds. The van der Waals surface area contributed by atoms with E-state index in [1.54, 1.807) is 0 Å². The van der Waals surface area contributed by atoms with E-state index in [-0.39, 0.29) is 0 Å². The number of aryl methyl sites for hydroxylation is 2. The number of benzene rings is 1. The molecule has 1 aromatic heterocycles. The average Bonchev–Trinajstić information content (AvgIpc) is 3.04. The maximum atomic E-state index is 4.35. The first-order valence-corrected chi connectivity index (χ1v) is 7.46. The lowest BCUT2D eigenvalue weighted by atomic mass is 10.0. The highest BCUT2D eigenvalue weighted by Gasteiger charge is 2.20. The van der Waals surface area contributed by atoms with Crippen LogP contribution in [0.4, 0.5) is 0 Å². The smallest absolute Gasteiger partial charge is 0.0994 e. The van der Waals surface area contributed by atoms with Crippen LogP contribution in [0.25, 0.3) is 5.69 Å². The molecule has 4 heteroatoms. The highest BCUT2D eigenvalue weighted by Crippen LogP contribution is 2.28. The number of nitrogens with one attached hydrogen (secondary N) is 1. The van der Waals surface area contributed by atoms with E-state index in [9.17, 15) is 0 Å². The third-order valence-electron chi connectivity index (χ3n) is 3.85. The van der Waals surface area contributed by atoms with E-state index in [0.29, 0.717) is 5.92 Å². The molecule has 100 valence electrons. The van der Waals surface area contributed by atoms with Gasteiger partial charge < -0.3 is 9.88 Å². The molecule has 1 N–H and O–H groups in total. The van der Waals surface area contributed by atoms with Crippen molar-refractivity contribution < 1.29 is 0 Å². The normalized spacial score (nSPS) is 19.0. The molecule has 2 heterocycles. The quantitative estimate of drug-likeness (QED) is 0.920. The Kier molecular flexibility index (Phi) is 3.46. The minimum atomic E-state index is 0.576. The molecule has 0 bridgehead atoms. The molecular formula is C15H18BrN3. The molecule has 1 saturated heterocycles. The molecule has 1 unspecified atom stereocenters. The van der Waals surface area contributed by atoms with Crippen molar-refractivity contribution in [3.8, 4) is 5.69 Å². The van der Waals surface area contributed by atoms with E-state index in [0.717, 1.165) is 13.1 Å². The Hall–Kier alpha value is -1.13. The van der Waals surface area contributed by atoms with E-state index in [2.05, 4.69) is 56.8 Å². The van der Waals surface area contributed by atoms with Gasteiger partial charge in [0.1, 0.15) is 0 Å². The van der Waals surface area contributed by atoms with Crippen LogP contribution in [0.1, 0.15) is 29.2 Å². The Bertz CT molecular complexity index is 574. The van der Waals surface area contributed by atoms with Crippen LogP contribution >= 0.6 is 15.9 Å². The fourth-order valence-corrected chi connectivity index (χ4v) is 3.02. The fraction of sp³-hybridized carbons (Fsp3) is 0.400. The lowest BCUT2D eigenvalue weighted by Gasteiger charge is -2.15. The second-order valence-electron chi connectivity index (χ2n) is 5.27. The van der Waals surface area contributed by atoms with Gasteiger partial charge in [0.05, 0.1) is 6.33 Å². The first-order valence-electron chi connectivity index (χ1n) is 6.67. The van der Waals surface area contributed by atoms with Gasteiger partial charge in [-0.05, 0) is 50.1 Å². The monoisotopic (exact) mass is 319 g/mol. The van der Waals surface area contributed by atoms with Crippen molar-refractivity contribution in [2.24, 2.45) is 0 Å². The van der Waals surface area contributed by atoms with E-state index in [4.69, 9.17) is 0 Å². The molecule has 1 fully saturated rings. The maximum absolute atomic E-state index is 4.35. The van der Waals surface area contributed by atoms with Crippen LogP contribution in [0.3, 0.4) is 0 Å². The van der Waals surface area contributed by atoms with Crippen molar-refractivity contribution in [2.75, 3.05) is 13.1 Å². The van der Waals surface area contributed by atoms with Crippen LogP contribution < -0.4 is 5.32 Å². The van der Waals surface area contributed by atoms with Crippen LogP contribution in [-0.2, 0) is 0 Å². The summed E-state index contributed by atoms with van der Waals surface area (Å²) in [7, 11) is 0. The van der Waals surface area contributed by atoms with Crippen LogP contribution in [0.15, 0.2) is 29.1 Å². The molecule has 1 aromatic carbocycles. The standard InChI is InChI=1S/C15H18BrN3/c1-10-5-13(6-11(2)15(10)16)19-9-18-8-14(19)12-3-4-17-7-12/h5-6,8-9,12,17H,3-4,7H2,1-2H3. The summed E-state index contributed by atoms with van der Waals surface area (Å²) >= 11 is 3.63. The number of aromatic nitrogens is 2. The Morgan fingerprint density at radius 1 is 1.32 bits per heavy atom. The number of hydrogen-bond acceptors (Lipinski definition) is 2. The molecule has 0 saturated carbocycles. The topological polar surface area (TPSA) is 29.9 Å². The molecule has 0 radical (unpaired) electrons. The van der Waals surface area contributed by atoms with Crippen LogP contribution in [0.5, 0.6) is 0 Å². The second kappa shape index (κ2) is 5.10. The highest BCUT2D eigenvalue weighted by atomic mass is 79.9. The second-order valence-corrected chi connectivity index (χ2v) is 6.06. The Morgan fingerprint density at radius 2 is 2.05 bits per heavy atom. The average molecular weight is 320 g/mol. The summed E-state index contributed by atoms with van der Waals surface area (Å²) in [6, 6.07) is 4.43. The minimum Gasteiger partial charge on any atom is -0.316 e. The molecule has 0 aliphatic carbocycles. The number of nitrogens with zero attached hydrogens (tertiary/aromatic N) is 2. The zero-order valence-electron chi connectivity index (χ0n) is 11.3. The Morgan fingerprint density at radius 3 is 2.68 bits per heavy atom. The van der Waals surface area contributed by atoms with Crippen molar-refractivity contribution >= 4 is 15.9 Å². The SMILES string of the molecule is Cc1cc(-n2cncc2C2CCNC2)cc(C)c1Br. The summed E-state index contributed by atoms with van der Waals surface area (Å²) in [4.78, 5) is 4.35. The Balaban J connectivity index is 2.05. The van der Waals surface area contributed by atoms with Gasteiger partial charge in [0.15, 0.2) is 0 Å². The van der Waals surface area contributed by atoms with Crippen LogP contribution in [-0.4, -0.2) is 22.6 Å². The van der Waals surface area contributed by atoms with E-state index >= 15 is 0 Å². The zero-order chi connectivity index (χ0) is 13.4. The number of hydrogen-bond donors (Lipinski definition) is 1. The zero-order valence-corrected chi connectivity index (χ0v) is 12.9. The number of halogens is 1. The summed E-state index contributed by atoms with van der Waals surface area (Å²) in [6.07, 6.45) is 5.13. The Labute approximate surface area is 122 Å². The largest absolute Gasteiger partial charge is 0.316 e. The minimum absolute atomic E-state index is 0.576. The molecular weight excluding hydrogens is 302 g/mol. The first-order chi connectivity index (χ1) is 9.16. The molecule has 1 aliphatic heterocycles. The van der Waals surface area contributed by atoms with Crippen LogP contribution in [0.2, 0.25) is 0 Å². The molecule has 19 heavy (non-hydrogen) atoms. The lowest BCUT2D eigenvalue weighted by molar-refractivity contribution is 0.713. The van der Waals surface area contributed by atoms with Crippen LogP contribution in [0, 0.1) is 13.8 Å². The lowest BCUT2D eigenvalue weighted by Crippen LogP contribution is -2.11. The maximum Gasteiger partial charge on any atom is 0.0994 e. The van der Waals surface area contributed by atoms with Crippen molar-refractivity contribution in [1.29, 1.82) is 0 Å². The van der Waals surface area contributed by atoms with Gasteiger partial charge in [0.2, 0.25) is 0 Å². The summed E-state index contributed by atoms with van der Waals surface area (Å²) in [6.45, 7) is 6.43. The summed E-state index contributed by atoms with van der Waals surface area (Å²) in [5, 5.41) is 3.42. The third-order valence-corrected chi connectivity index (χ3v) is 5.10. The van der Waals surface area contributed by atoms with Crippen molar-refractivity contribution in [2.45, 2.75) is 26.2 Å². The van der Waals surface area contributed by atoms with Gasteiger partial charge in [-0.3, -0.25) is 0 Å². The highest BCUT2D eigenvalue weighted by molar-refractivity contribution is 9.10. The molecule has 0 spiro atoms. The molecule has 3 rings (SSSR count). The summed E-state index contributed by atoms with van der Waals surface area (Å²) < 4.78 is 3.42. The molecule has 2 aromatic rings. The summed E-state index contributed by atoms with van der Waals surface area (Å²) in [5.41, 5.74) is 5.04. The van der Waals surface area contributed by atoms with Crippen molar-refractivity contribution in [3.63, 3.8) is 0 Å². The van der Waals surface area contributed by atoms with Gasteiger partial charge in [-0.15, -0.1) is 0 Å². The van der Waals surface area contributed by atoms with Gasteiger partial charge in [-0.25, -0.2) is 4.98 Å². The third kappa shape index (κ3) is 2.35. The van der Waals surface area contributed by atoms with Crippen molar-refractivity contribution in [1.82, 2.24) is 14.9 Å². The summed E-state index contributed by atoms with van der Waals surface area (Å²) in [5.74, 6) is 0.576. The van der Waals surface area contributed by atoms with E-state index in [1.807, 2.05) is 12.5 Å². The van der Waals surface area contributed by atoms with E-state index in [1.165, 1.54) is 33.4 Å². The fourth-order valence-electron chi connectivity index (χ4n) is 2.79. The van der Waals surface area contributed by atoms with Gasteiger partial charge in [-0.2, -0.15) is 0 Å². The van der Waals surface area contributed by atoms with Gasteiger partial charge in [-0.1, -0.05) is 15.9 Å². The van der Waals surface area contributed by atoms with E-state index < -0.39 is 0 Å². The van der Waals surface area contributed by atoms with Gasteiger partial charge >= 0.3 is 0 Å². The molecule has 3 nitrogen and oxygen atoms in total. The predicted octanol–water partition coefficient (Wildman–Crippen LogP) is 3.33.